The van der Waals surface area contributed by atoms with Crippen LogP contribution in [-0.4, -0.2) is 30.9 Å². The Bertz CT molecular complexity index is 692. The van der Waals surface area contributed by atoms with Gasteiger partial charge >= 0.3 is 0 Å². The lowest BCUT2D eigenvalue weighted by Crippen LogP contribution is -2.35. The zero-order valence-corrected chi connectivity index (χ0v) is 14.9. The van der Waals surface area contributed by atoms with Gasteiger partial charge < -0.3 is 5.32 Å². The van der Waals surface area contributed by atoms with Crippen LogP contribution in [0.4, 0.5) is 4.39 Å². The van der Waals surface area contributed by atoms with E-state index in [-0.39, 0.29) is 18.3 Å². The van der Waals surface area contributed by atoms with Crippen molar-refractivity contribution in [3.63, 3.8) is 0 Å². The standard InChI is InChI=1S/C18H19Cl2FN2O/c1-23(11-14-4-7-16(19)17(20)10-14)12-18(24)22-9-8-13-2-5-15(21)6-3-13/h2-7,10H,8-9,11-12H2,1H3,(H,22,24). The Morgan fingerprint density at radius 1 is 1.08 bits per heavy atom. The number of hydrogen-bond donors (Lipinski definition) is 1. The first-order valence-corrected chi connectivity index (χ1v) is 8.33. The molecule has 0 saturated heterocycles. The number of rotatable bonds is 7. The van der Waals surface area contributed by atoms with E-state index in [0.29, 0.717) is 29.6 Å². The third-order valence-corrected chi connectivity index (χ3v) is 4.24. The molecule has 128 valence electrons. The molecule has 0 atom stereocenters. The van der Waals surface area contributed by atoms with E-state index in [1.807, 2.05) is 18.0 Å². The van der Waals surface area contributed by atoms with Gasteiger partial charge in [-0.05, 0) is 48.9 Å². The summed E-state index contributed by atoms with van der Waals surface area (Å²) in [4.78, 5) is 13.8. The summed E-state index contributed by atoms with van der Waals surface area (Å²) in [5.41, 5.74) is 1.98. The van der Waals surface area contributed by atoms with Crippen LogP contribution in [0.25, 0.3) is 0 Å². The van der Waals surface area contributed by atoms with Gasteiger partial charge in [0, 0.05) is 13.1 Å². The van der Waals surface area contributed by atoms with Crippen LogP contribution in [-0.2, 0) is 17.8 Å². The Balaban J connectivity index is 1.73. The number of carbonyl (C=O) groups is 1. The van der Waals surface area contributed by atoms with E-state index in [1.165, 1.54) is 12.1 Å². The largest absolute Gasteiger partial charge is 0.355 e. The highest BCUT2D eigenvalue weighted by atomic mass is 35.5. The normalized spacial score (nSPS) is 10.9. The minimum Gasteiger partial charge on any atom is -0.355 e. The molecule has 0 aliphatic rings. The van der Waals surface area contributed by atoms with Gasteiger partial charge in [0.1, 0.15) is 5.82 Å². The van der Waals surface area contributed by atoms with Crippen LogP contribution in [0.3, 0.4) is 0 Å². The lowest BCUT2D eigenvalue weighted by atomic mass is 10.1. The molecule has 1 N–H and O–H groups in total. The summed E-state index contributed by atoms with van der Waals surface area (Å²) in [6.07, 6.45) is 0.669. The summed E-state index contributed by atoms with van der Waals surface area (Å²) in [5, 5.41) is 3.88. The summed E-state index contributed by atoms with van der Waals surface area (Å²) in [6, 6.07) is 11.7. The first kappa shape index (κ1) is 18.7. The van der Waals surface area contributed by atoms with Gasteiger partial charge in [-0.25, -0.2) is 4.39 Å². The van der Waals surface area contributed by atoms with Gasteiger partial charge in [-0.1, -0.05) is 41.4 Å². The molecule has 2 rings (SSSR count). The topological polar surface area (TPSA) is 32.3 Å². The minimum absolute atomic E-state index is 0.0559. The highest BCUT2D eigenvalue weighted by Crippen LogP contribution is 2.23. The van der Waals surface area contributed by atoms with Crippen LogP contribution in [0, 0.1) is 5.82 Å². The van der Waals surface area contributed by atoms with E-state index in [9.17, 15) is 9.18 Å². The van der Waals surface area contributed by atoms with Crippen molar-refractivity contribution in [2.24, 2.45) is 0 Å². The molecule has 6 heteroatoms. The van der Waals surface area contributed by atoms with Crippen molar-refractivity contribution < 1.29 is 9.18 Å². The monoisotopic (exact) mass is 368 g/mol. The van der Waals surface area contributed by atoms with Crippen LogP contribution in [0.15, 0.2) is 42.5 Å². The maximum absolute atomic E-state index is 12.8. The molecule has 0 aromatic heterocycles. The van der Waals surface area contributed by atoms with Crippen LogP contribution in [0.2, 0.25) is 10.0 Å². The average Bonchev–Trinajstić information content (AvgIpc) is 2.53. The number of carbonyl (C=O) groups excluding carboxylic acids is 1. The predicted molar refractivity (Wildman–Crippen MR) is 95.9 cm³/mol. The highest BCUT2D eigenvalue weighted by molar-refractivity contribution is 6.42. The summed E-state index contributed by atoms with van der Waals surface area (Å²) < 4.78 is 12.8. The van der Waals surface area contributed by atoms with Crippen molar-refractivity contribution >= 4 is 29.1 Å². The lowest BCUT2D eigenvalue weighted by molar-refractivity contribution is -0.122. The number of nitrogens with zero attached hydrogens (tertiary/aromatic N) is 1. The van der Waals surface area contributed by atoms with Crippen molar-refractivity contribution in [2.45, 2.75) is 13.0 Å². The zero-order chi connectivity index (χ0) is 17.5. The second kappa shape index (κ2) is 9.02. The Morgan fingerprint density at radius 2 is 1.75 bits per heavy atom. The smallest absolute Gasteiger partial charge is 0.234 e. The van der Waals surface area contributed by atoms with Gasteiger partial charge in [0.05, 0.1) is 16.6 Å². The molecule has 0 heterocycles. The fraction of sp³-hybridized carbons (Fsp3) is 0.278. The molecular formula is C18H19Cl2FN2O. The van der Waals surface area contributed by atoms with E-state index in [1.54, 1.807) is 24.3 Å². The van der Waals surface area contributed by atoms with Crippen LogP contribution < -0.4 is 5.32 Å². The molecule has 0 saturated carbocycles. The molecule has 24 heavy (non-hydrogen) atoms. The third-order valence-electron chi connectivity index (χ3n) is 3.50. The van der Waals surface area contributed by atoms with Gasteiger partial charge in [-0.15, -0.1) is 0 Å². The molecule has 2 aromatic rings. The first-order valence-electron chi connectivity index (χ1n) is 7.57. The number of nitrogens with one attached hydrogen (secondary N) is 1. The van der Waals surface area contributed by atoms with Crippen LogP contribution in [0.1, 0.15) is 11.1 Å². The van der Waals surface area contributed by atoms with Crippen molar-refractivity contribution in [1.82, 2.24) is 10.2 Å². The average molecular weight is 369 g/mol. The SMILES string of the molecule is CN(CC(=O)NCCc1ccc(F)cc1)Cc1ccc(Cl)c(Cl)c1. The summed E-state index contributed by atoms with van der Waals surface area (Å²) in [5.74, 6) is -0.314. The van der Waals surface area contributed by atoms with Crippen LogP contribution in [0.5, 0.6) is 0 Å². The Morgan fingerprint density at radius 3 is 2.42 bits per heavy atom. The van der Waals surface area contributed by atoms with Gasteiger partial charge in [-0.3, -0.25) is 9.69 Å². The fourth-order valence-electron chi connectivity index (χ4n) is 2.30. The molecule has 2 aromatic carbocycles. The Labute approximate surface area is 151 Å². The Kier molecular flexibility index (Phi) is 7.03. The molecule has 0 unspecified atom stereocenters. The molecule has 0 spiro atoms. The van der Waals surface area contributed by atoms with Gasteiger partial charge in [0.15, 0.2) is 0 Å². The molecule has 0 bridgehead atoms. The molecule has 0 aliphatic heterocycles. The Hall–Kier alpha value is -1.62. The number of benzene rings is 2. The number of amides is 1. The van der Waals surface area contributed by atoms with Gasteiger partial charge in [-0.2, -0.15) is 0 Å². The molecule has 0 fully saturated rings. The van der Waals surface area contributed by atoms with E-state index in [2.05, 4.69) is 5.32 Å². The van der Waals surface area contributed by atoms with Crippen molar-refractivity contribution in [3.8, 4) is 0 Å². The van der Waals surface area contributed by atoms with E-state index < -0.39 is 0 Å². The molecule has 0 radical (unpaired) electrons. The molecule has 3 nitrogen and oxygen atoms in total. The maximum Gasteiger partial charge on any atom is 0.234 e. The van der Waals surface area contributed by atoms with Crippen molar-refractivity contribution in [3.05, 3.63) is 69.5 Å². The summed E-state index contributed by atoms with van der Waals surface area (Å²) in [6.45, 7) is 1.40. The second-order valence-electron chi connectivity index (χ2n) is 5.65. The lowest BCUT2D eigenvalue weighted by Gasteiger charge is -2.16. The predicted octanol–water partition coefficient (Wildman–Crippen LogP) is 3.92. The third kappa shape index (κ3) is 6.11. The molecular weight excluding hydrogens is 350 g/mol. The van der Waals surface area contributed by atoms with Crippen molar-refractivity contribution in [1.29, 1.82) is 0 Å². The zero-order valence-electron chi connectivity index (χ0n) is 13.4. The minimum atomic E-state index is -0.258. The summed E-state index contributed by atoms with van der Waals surface area (Å²) in [7, 11) is 1.86. The maximum atomic E-state index is 12.8. The highest BCUT2D eigenvalue weighted by Gasteiger charge is 2.08. The van der Waals surface area contributed by atoms with Crippen LogP contribution >= 0.6 is 23.2 Å². The van der Waals surface area contributed by atoms with Gasteiger partial charge in [0.2, 0.25) is 5.91 Å². The van der Waals surface area contributed by atoms with Gasteiger partial charge in [0.25, 0.3) is 0 Å². The van der Waals surface area contributed by atoms with E-state index >= 15 is 0 Å². The number of hydrogen-bond acceptors (Lipinski definition) is 2. The quantitative estimate of drug-likeness (QED) is 0.802. The molecule has 1 amide bonds. The van der Waals surface area contributed by atoms with E-state index in [0.717, 1.165) is 11.1 Å². The van der Waals surface area contributed by atoms with E-state index in [4.69, 9.17) is 23.2 Å². The summed E-state index contributed by atoms with van der Waals surface area (Å²) >= 11 is 11.9. The second-order valence-corrected chi connectivity index (χ2v) is 6.46. The van der Waals surface area contributed by atoms with Crippen molar-refractivity contribution in [2.75, 3.05) is 20.1 Å². The first-order chi connectivity index (χ1) is 11.4. The molecule has 0 aliphatic carbocycles. The fourth-order valence-corrected chi connectivity index (χ4v) is 2.62. The number of likely N-dealkylation sites (N-methyl/N-ethyl adjacent to an activating group) is 1. The number of halogens is 3.